The summed E-state index contributed by atoms with van der Waals surface area (Å²) in [6, 6.07) is 24.4. The summed E-state index contributed by atoms with van der Waals surface area (Å²) in [6.45, 7) is 0. The predicted molar refractivity (Wildman–Crippen MR) is 100 cm³/mol. The van der Waals surface area contributed by atoms with E-state index in [2.05, 4.69) is 71.7 Å². The van der Waals surface area contributed by atoms with Crippen LogP contribution in [0.15, 0.2) is 66.7 Å². The van der Waals surface area contributed by atoms with E-state index in [1.165, 1.54) is 69.7 Å². The van der Waals surface area contributed by atoms with Crippen molar-refractivity contribution in [2.24, 2.45) is 0 Å². The molecule has 5 rings (SSSR count). The van der Waals surface area contributed by atoms with Crippen LogP contribution in [-0.4, -0.2) is 0 Å². The topological polar surface area (TPSA) is 14.1 Å². The van der Waals surface area contributed by atoms with Crippen LogP contribution in [0.3, 0.4) is 0 Å². The Kier molecular flexibility index (Phi) is 3.12. The molecule has 0 fully saturated rings. The second-order valence-corrected chi connectivity index (χ2v) is 6.81. The minimum Gasteiger partial charge on any atom is -0.204 e. The van der Waals surface area contributed by atoms with Crippen LogP contribution in [-0.2, 0) is 12.8 Å². The van der Waals surface area contributed by atoms with Crippen LogP contribution in [0, 0.1) is 0 Å². The predicted octanol–water partition coefficient (Wildman–Crippen LogP) is 5.35. The average molecular weight is 310 g/mol. The summed E-state index contributed by atoms with van der Waals surface area (Å²) in [5, 5.41) is 3.89. The molecule has 0 radical (unpaired) electrons. The van der Waals surface area contributed by atoms with Crippen molar-refractivity contribution in [3.63, 3.8) is 0 Å². The van der Waals surface area contributed by atoms with Crippen molar-refractivity contribution in [3.05, 3.63) is 77.9 Å². The van der Waals surface area contributed by atoms with E-state index in [1.54, 1.807) is 0 Å². The molecule has 116 valence electrons. The number of H-pyrrole nitrogens is 1. The third-order valence-corrected chi connectivity index (χ3v) is 5.32. The standard InChI is InChI=1S/C23H19N/c1-2-7-18-15-19(10-9-16(18)5-1)22-14-12-21-20-8-4-3-6-17(20)11-13-23(21)24-22/h3-4,6,8-15H,1-2,5,7H2/p+1. The Labute approximate surface area is 142 Å². The maximum absolute atomic E-state index is 3.64. The normalized spacial score (nSPS) is 14.0. The molecule has 1 aliphatic carbocycles. The van der Waals surface area contributed by atoms with Crippen LogP contribution in [0.25, 0.3) is 32.9 Å². The van der Waals surface area contributed by atoms with Crippen LogP contribution in [0.1, 0.15) is 24.0 Å². The number of hydrogen-bond donors (Lipinski definition) is 0. The van der Waals surface area contributed by atoms with E-state index in [1.807, 2.05) is 0 Å². The highest BCUT2D eigenvalue weighted by Crippen LogP contribution is 2.28. The summed E-state index contributed by atoms with van der Waals surface area (Å²) in [5.41, 5.74) is 6.77. The van der Waals surface area contributed by atoms with Crippen LogP contribution in [0.2, 0.25) is 0 Å². The number of pyridine rings is 1. The molecule has 0 amide bonds. The molecule has 0 saturated heterocycles. The molecule has 4 aromatic rings. The van der Waals surface area contributed by atoms with Crippen molar-refractivity contribution < 1.29 is 4.98 Å². The maximum atomic E-state index is 3.64. The van der Waals surface area contributed by atoms with E-state index in [0.717, 1.165) is 0 Å². The van der Waals surface area contributed by atoms with E-state index in [4.69, 9.17) is 0 Å². The van der Waals surface area contributed by atoms with Gasteiger partial charge < -0.3 is 0 Å². The highest BCUT2D eigenvalue weighted by molar-refractivity contribution is 6.05. The van der Waals surface area contributed by atoms with Crippen molar-refractivity contribution in [2.45, 2.75) is 25.7 Å². The molecule has 24 heavy (non-hydrogen) atoms. The fraction of sp³-hybridized carbons (Fsp3) is 0.174. The first-order chi connectivity index (χ1) is 11.9. The smallest absolute Gasteiger partial charge is 0.204 e. The average Bonchev–Trinajstić information content (AvgIpc) is 2.67. The third-order valence-electron chi connectivity index (χ3n) is 5.32. The zero-order chi connectivity index (χ0) is 15.9. The van der Waals surface area contributed by atoms with E-state index >= 15 is 0 Å². The van der Waals surface area contributed by atoms with Gasteiger partial charge in [-0.25, -0.2) is 4.98 Å². The van der Waals surface area contributed by atoms with Crippen molar-refractivity contribution >= 4 is 21.7 Å². The van der Waals surface area contributed by atoms with Crippen molar-refractivity contribution in [2.75, 3.05) is 0 Å². The van der Waals surface area contributed by atoms with Crippen LogP contribution < -0.4 is 4.98 Å². The van der Waals surface area contributed by atoms with E-state index in [-0.39, 0.29) is 0 Å². The van der Waals surface area contributed by atoms with Crippen LogP contribution >= 0.6 is 0 Å². The summed E-state index contributed by atoms with van der Waals surface area (Å²) >= 11 is 0. The summed E-state index contributed by atoms with van der Waals surface area (Å²) in [5.74, 6) is 0. The quantitative estimate of drug-likeness (QED) is 0.421. The first-order valence-corrected chi connectivity index (χ1v) is 8.84. The molecule has 1 heteroatoms. The van der Waals surface area contributed by atoms with Gasteiger partial charge in [0, 0.05) is 17.7 Å². The molecule has 3 aromatic carbocycles. The lowest BCUT2D eigenvalue weighted by molar-refractivity contribution is -0.330. The Morgan fingerprint density at radius 1 is 0.667 bits per heavy atom. The second-order valence-electron chi connectivity index (χ2n) is 6.81. The molecule has 1 heterocycles. The van der Waals surface area contributed by atoms with Crippen LogP contribution in [0.4, 0.5) is 0 Å². The molecule has 0 atom stereocenters. The number of rotatable bonds is 1. The zero-order valence-electron chi connectivity index (χ0n) is 13.7. The molecular formula is C23H20N+. The van der Waals surface area contributed by atoms with Gasteiger partial charge >= 0.3 is 0 Å². The van der Waals surface area contributed by atoms with Crippen LogP contribution in [0.5, 0.6) is 0 Å². The lowest BCUT2D eigenvalue weighted by Crippen LogP contribution is -2.09. The Morgan fingerprint density at radius 2 is 1.54 bits per heavy atom. The lowest BCUT2D eigenvalue weighted by Gasteiger charge is -2.15. The number of benzene rings is 3. The molecule has 0 bridgehead atoms. The van der Waals surface area contributed by atoms with Gasteiger partial charge in [-0.2, -0.15) is 0 Å². The zero-order valence-corrected chi connectivity index (χ0v) is 13.7. The first-order valence-electron chi connectivity index (χ1n) is 8.84. The Bertz CT molecular complexity index is 1060. The fourth-order valence-corrected chi connectivity index (χ4v) is 4.01. The SMILES string of the molecule is c1ccc2c(c1)ccc1[nH+]c(-c3ccc4c(c3)CCCC4)ccc12. The summed E-state index contributed by atoms with van der Waals surface area (Å²) in [4.78, 5) is 3.64. The minimum absolute atomic E-state index is 1.20. The lowest BCUT2D eigenvalue weighted by atomic mass is 9.90. The Morgan fingerprint density at radius 3 is 2.50 bits per heavy atom. The number of hydrogen-bond acceptors (Lipinski definition) is 0. The molecule has 1 aromatic heterocycles. The third kappa shape index (κ3) is 2.20. The highest BCUT2D eigenvalue weighted by Gasteiger charge is 2.14. The monoisotopic (exact) mass is 310 g/mol. The first kappa shape index (κ1) is 13.7. The number of nitrogens with one attached hydrogen (secondary N) is 1. The minimum atomic E-state index is 1.20. The van der Waals surface area contributed by atoms with Gasteiger partial charge in [-0.05, 0) is 71.8 Å². The maximum Gasteiger partial charge on any atom is 0.211 e. The Balaban J connectivity index is 1.66. The number of fused-ring (bicyclic) bond motifs is 4. The molecule has 0 aliphatic heterocycles. The molecule has 0 unspecified atom stereocenters. The number of aromatic nitrogens is 1. The number of aryl methyl sites for hydroxylation is 2. The summed E-state index contributed by atoms with van der Waals surface area (Å²) in [7, 11) is 0. The van der Waals surface area contributed by atoms with Gasteiger partial charge in [0.1, 0.15) is 0 Å². The van der Waals surface area contributed by atoms with E-state index in [0.29, 0.717) is 0 Å². The van der Waals surface area contributed by atoms with Crippen molar-refractivity contribution in [3.8, 4) is 11.3 Å². The van der Waals surface area contributed by atoms with Gasteiger partial charge in [0.15, 0.2) is 0 Å². The molecule has 1 nitrogen and oxygen atoms in total. The fourth-order valence-electron chi connectivity index (χ4n) is 4.01. The van der Waals surface area contributed by atoms with Gasteiger partial charge in [0.05, 0.1) is 5.39 Å². The summed E-state index contributed by atoms with van der Waals surface area (Å²) < 4.78 is 0. The molecule has 0 saturated carbocycles. The van der Waals surface area contributed by atoms with Gasteiger partial charge in [-0.3, -0.25) is 0 Å². The van der Waals surface area contributed by atoms with Gasteiger partial charge in [0.25, 0.3) is 0 Å². The Hall–Kier alpha value is -2.67. The second kappa shape index (κ2) is 5.45. The van der Waals surface area contributed by atoms with Gasteiger partial charge in [-0.15, -0.1) is 0 Å². The molecule has 0 spiro atoms. The van der Waals surface area contributed by atoms with Gasteiger partial charge in [0.2, 0.25) is 11.2 Å². The highest BCUT2D eigenvalue weighted by atomic mass is 14.7. The number of aromatic amines is 1. The van der Waals surface area contributed by atoms with E-state index < -0.39 is 0 Å². The van der Waals surface area contributed by atoms with E-state index in [9.17, 15) is 0 Å². The summed E-state index contributed by atoms with van der Waals surface area (Å²) in [6.07, 6.45) is 5.12. The van der Waals surface area contributed by atoms with Gasteiger partial charge in [-0.1, -0.05) is 30.3 Å². The molecular weight excluding hydrogens is 290 g/mol. The molecule has 1 aliphatic rings. The molecule has 1 N–H and O–H groups in total. The largest absolute Gasteiger partial charge is 0.211 e. The van der Waals surface area contributed by atoms with Crippen molar-refractivity contribution in [1.82, 2.24) is 0 Å². The van der Waals surface area contributed by atoms with Crippen molar-refractivity contribution in [1.29, 1.82) is 0 Å².